The summed E-state index contributed by atoms with van der Waals surface area (Å²) in [5, 5.41) is 6.82. The number of nitrogens with zero attached hydrogens (tertiary/aromatic N) is 1. The van der Waals surface area contributed by atoms with Gasteiger partial charge in [-0.2, -0.15) is 0 Å². The van der Waals surface area contributed by atoms with Gasteiger partial charge in [0, 0.05) is 48.6 Å². The molecule has 2 aliphatic heterocycles. The van der Waals surface area contributed by atoms with Crippen LogP contribution in [-0.2, 0) is 4.79 Å². The normalized spacial score (nSPS) is 21.5. The minimum absolute atomic E-state index is 0.0741. The Bertz CT molecular complexity index is 916. The second-order valence-electron chi connectivity index (χ2n) is 7.37. The number of allylic oxidation sites excluding steroid dienone is 7. The van der Waals surface area contributed by atoms with Crippen molar-refractivity contribution in [3.63, 3.8) is 0 Å². The van der Waals surface area contributed by atoms with Gasteiger partial charge in [-0.05, 0) is 48.9 Å². The standard InChI is InChI=1S/C24H27N3O2/c1-29-23-6-3-2-5-21(23)22-17-19-8-7-18(15-20(16-19)26-22)9-10-24(28)27-13-4-11-25-12-14-27/h2-3,5-10,15-17,19,25-26H,4,11-14H2,1H3/b10-9+/t19-/m0/s1. The van der Waals surface area contributed by atoms with Gasteiger partial charge in [0.15, 0.2) is 0 Å². The number of carbonyl (C=O) groups is 1. The van der Waals surface area contributed by atoms with Crippen LogP contribution in [0.2, 0.25) is 0 Å². The maximum absolute atomic E-state index is 12.5. The number of fused-ring (bicyclic) bond motifs is 1. The smallest absolute Gasteiger partial charge is 0.246 e. The Balaban J connectivity index is 1.48. The average molecular weight is 389 g/mol. The van der Waals surface area contributed by atoms with Crippen molar-refractivity contribution >= 4 is 11.6 Å². The molecule has 5 nitrogen and oxygen atoms in total. The van der Waals surface area contributed by atoms with Gasteiger partial charge in [0.1, 0.15) is 5.75 Å². The van der Waals surface area contributed by atoms with Crippen molar-refractivity contribution in [2.45, 2.75) is 6.42 Å². The Morgan fingerprint density at radius 2 is 2.10 bits per heavy atom. The predicted molar refractivity (Wildman–Crippen MR) is 116 cm³/mol. The van der Waals surface area contributed by atoms with E-state index >= 15 is 0 Å². The van der Waals surface area contributed by atoms with Crippen LogP contribution in [0.15, 0.2) is 78.1 Å². The third-order valence-electron chi connectivity index (χ3n) is 5.31. The molecule has 1 fully saturated rings. The molecular weight excluding hydrogens is 362 g/mol. The number of dihydropyridines is 1. The second kappa shape index (κ2) is 8.97. The lowest BCUT2D eigenvalue weighted by molar-refractivity contribution is -0.125. The van der Waals surface area contributed by atoms with Crippen molar-refractivity contribution in [1.82, 2.24) is 15.5 Å². The molecule has 2 heterocycles. The highest BCUT2D eigenvalue weighted by molar-refractivity contribution is 5.88. The zero-order chi connectivity index (χ0) is 20.1. The van der Waals surface area contributed by atoms with Crippen LogP contribution in [0.1, 0.15) is 12.0 Å². The van der Waals surface area contributed by atoms with Crippen LogP contribution in [0, 0.1) is 5.92 Å². The highest BCUT2D eigenvalue weighted by Gasteiger charge is 2.17. The maximum Gasteiger partial charge on any atom is 0.246 e. The predicted octanol–water partition coefficient (Wildman–Crippen LogP) is 3.01. The van der Waals surface area contributed by atoms with E-state index in [1.807, 2.05) is 29.2 Å². The molecule has 0 unspecified atom stereocenters. The average Bonchev–Trinajstić information content (AvgIpc) is 3.11. The van der Waals surface area contributed by atoms with E-state index < -0.39 is 0 Å². The van der Waals surface area contributed by atoms with Crippen molar-refractivity contribution in [3.8, 4) is 5.75 Å². The number of carbonyl (C=O) groups excluding carboxylic acids is 1. The van der Waals surface area contributed by atoms with E-state index in [4.69, 9.17) is 4.74 Å². The lowest BCUT2D eigenvalue weighted by atomic mass is 9.99. The number of benzene rings is 1. The second-order valence-corrected chi connectivity index (χ2v) is 7.37. The molecule has 4 rings (SSSR count). The minimum Gasteiger partial charge on any atom is -0.496 e. The maximum atomic E-state index is 12.5. The molecule has 3 aliphatic rings. The summed E-state index contributed by atoms with van der Waals surface area (Å²) in [4.78, 5) is 14.4. The van der Waals surface area contributed by atoms with Crippen molar-refractivity contribution in [3.05, 3.63) is 83.6 Å². The molecule has 2 N–H and O–H groups in total. The Morgan fingerprint density at radius 1 is 1.21 bits per heavy atom. The summed E-state index contributed by atoms with van der Waals surface area (Å²) in [6, 6.07) is 8.00. The van der Waals surface area contributed by atoms with Crippen LogP contribution in [0.4, 0.5) is 0 Å². The van der Waals surface area contributed by atoms with Gasteiger partial charge in [0.05, 0.1) is 7.11 Å². The van der Waals surface area contributed by atoms with Gasteiger partial charge in [-0.3, -0.25) is 4.79 Å². The number of ether oxygens (including phenoxy) is 1. The molecule has 1 aromatic carbocycles. The van der Waals surface area contributed by atoms with E-state index in [2.05, 4.69) is 47.1 Å². The van der Waals surface area contributed by atoms with Gasteiger partial charge in [0.25, 0.3) is 0 Å². The molecule has 1 saturated heterocycles. The fraction of sp³-hybridized carbons (Fsp3) is 0.292. The molecule has 2 bridgehead atoms. The van der Waals surface area contributed by atoms with E-state index in [1.54, 1.807) is 13.2 Å². The number of nitrogens with one attached hydrogen (secondary N) is 2. The topological polar surface area (TPSA) is 53.6 Å². The van der Waals surface area contributed by atoms with Crippen LogP contribution in [0.5, 0.6) is 5.75 Å². The van der Waals surface area contributed by atoms with Gasteiger partial charge in [-0.1, -0.05) is 30.4 Å². The lowest BCUT2D eigenvalue weighted by Crippen LogP contribution is -2.32. The lowest BCUT2D eigenvalue weighted by Gasteiger charge is -2.20. The zero-order valence-corrected chi connectivity index (χ0v) is 16.7. The first kappa shape index (κ1) is 19.3. The number of hydrogen-bond donors (Lipinski definition) is 2. The van der Waals surface area contributed by atoms with E-state index in [-0.39, 0.29) is 11.8 Å². The van der Waals surface area contributed by atoms with Crippen LogP contribution in [-0.4, -0.2) is 44.1 Å². The van der Waals surface area contributed by atoms with Crippen LogP contribution < -0.4 is 15.4 Å². The Kier molecular flexibility index (Phi) is 5.96. The summed E-state index contributed by atoms with van der Waals surface area (Å²) < 4.78 is 5.51. The molecule has 1 amide bonds. The van der Waals surface area contributed by atoms with Crippen molar-refractivity contribution in [2.75, 3.05) is 33.3 Å². The molecule has 0 radical (unpaired) electrons. The highest BCUT2D eigenvalue weighted by atomic mass is 16.5. The summed E-state index contributed by atoms with van der Waals surface area (Å²) in [6.07, 6.45) is 15.3. The first-order valence-corrected chi connectivity index (χ1v) is 10.1. The van der Waals surface area contributed by atoms with E-state index in [0.717, 1.165) is 60.9 Å². The largest absolute Gasteiger partial charge is 0.496 e. The summed E-state index contributed by atoms with van der Waals surface area (Å²) >= 11 is 0. The Labute approximate surface area is 172 Å². The van der Waals surface area contributed by atoms with Crippen LogP contribution in [0.25, 0.3) is 5.70 Å². The first-order valence-electron chi connectivity index (χ1n) is 10.1. The van der Waals surface area contributed by atoms with Gasteiger partial charge >= 0.3 is 0 Å². The van der Waals surface area contributed by atoms with Crippen molar-refractivity contribution in [2.24, 2.45) is 5.92 Å². The SMILES string of the molecule is COc1ccccc1C1=C[C@H]2C=CC(/C=C/C(=O)N3CCCNCC3)=CC(=C2)N1. The number of methoxy groups -OCH3 is 1. The molecule has 0 saturated carbocycles. The van der Waals surface area contributed by atoms with Gasteiger partial charge in [0.2, 0.25) is 5.91 Å². The summed E-state index contributed by atoms with van der Waals surface area (Å²) in [7, 11) is 1.69. The molecule has 0 spiro atoms. The van der Waals surface area contributed by atoms with Gasteiger partial charge in [-0.25, -0.2) is 0 Å². The Hall–Kier alpha value is -3.05. The quantitative estimate of drug-likeness (QED) is 0.778. The highest BCUT2D eigenvalue weighted by Crippen LogP contribution is 2.30. The summed E-state index contributed by atoms with van der Waals surface area (Å²) in [5.41, 5.74) is 4.09. The number of para-hydroxylation sites is 1. The molecule has 1 aliphatic carbocycles. The first-order chi connectivity index (χ1) is 14.2. The fourth-order valence-corrected chi connectivity index (χ4v) is 3.80. The third kappa shape index (κ3) is 4.69. The number of hydrogen-bond acceptors (Lipinski definition) is 4. The van der Waals surface area contributed by atoms with E-state index in [0.29, 0.717) is 0 Å². The minimum atomic E-state index is 0.0741. The van der Waals surface area contributed by atoms with E-state index in [1.165, 1.54) is 0 Å². The molecular formula is C24H27N3O2. The monoisotopic (exact) mass is 389 g/mol. The van der Waals surface area contributed by atoms with Crippen LogP contribution >= 0.6 is 0 Å². The number of rotatable bonds is 4. The van der Waals surface area contributed by atoms with Gasteiger partial charge in [-0.15, -0.1) is 0 Å². The Morgan fingerprint density at radius 3 is 3.00 bits per heavy atom. The fourth-order valence-electron chi connectivity index (χ4n) is 3.80. The third-order valence-corrected chi connectivity index (χ3v) is 5.31. The molecule has 150 valence electrons. The number of amides is 1. The summed E-state index contributed by atoms with van der Waals surface area (Å²) in [5.74, 6) is 1.11. The molecule has 5 heteroatoms. The van der Waals surface area contributed by atoms with E-state index in [9.17, 15) is 4.79 Å². The molecule has 0 aromatic heterocycles. The van der Waals surface area contributed by atoms with Crippen LogP contribution in [0.3, 0.4) is 0 Å². The van der Waals surface area contributed by atoms with Crippen molar-refractivity contribution in [1.29, 1.82) is 0 Å². The molecule has 1 aromatic rings. The summed E-state index contributed by atoms with van der Waals surface area (Å²) in [6.45, 7) is 3.41. The molecule has 1 atom stereocenters. The van der Waals surface area contributed by atoms with Gasteiger partial charge < -0.3 is 20.3 Å². The zero-order valence-electron chi connectivity index (χ0n) is 16.7. The molecule has 29 heavy (non-hydrogen) atoms. The van der Waals surface area contributed by atoms with Crippen molar-refractivity contribution < 1.29 is 9.53 Å².